The number of hydrogen-bond donors (Lipinski definition) is 5. The Bertz CT molecular complexity index is 1380. The monoisotopic (exact) mass is 613 g/mol. The van der Waals surface area contributed by atoms with Gasteiger partial charge in [0.25, 0.3) is 11.5 Å². The van der Waals surface area contributed by atoms with Crippen molar-refractivity contribution in [3.05, 3.63) is 51.3 Å². The van der Waals surface area contributed by atoms with Crippen molar-refractivity contribution >= 4 is 35.5 Å². The molecule has 5 N–H and O–H groups in total. The maximum Gasteiger partial charge on any atom is 0.328 e. The molecule has 0 aliphatic carbocycles. The van der Waals surface area contributed by atoms with Crippen LogP contribution in [0.5, 0.6) is 0 Å². The molecule has 2 aromatic rings. The molecular weight excluding hydrogens is 570 g/mol. The highest BCUT2D eigenvalue weighted by molar-refractivity contribution is 5.97. The molecule has 13 nitrogen and oxygen atoms in total. The number of H-pyrrole nitrogens is 1. The molecule has 0 bridgehead atoms. The van der Waals surface area contributed by atoms with Crippen LogP contribution in [-0.4, -0.2) is 71.2 Å². The van der Waals surface area contributed by atoms with E-state index in [1.165, 1.54) is 0 Å². The number of rotatable bonds is 13. The van der Waals surface area contributed by atoms with Gasteiger partial charge in [0.05, 0.1) is 18.8 Å². The van der Waals surface area contributed by atoms with Crippen LogP contribution in [-0.2, 0) is 30.3 Å². The summed E-state index contributed by atoms with van der Waals surface area (Å²) in [5, 5.41) is 18.7. The summed E-state index contributed by atoms with van der Waals surface area (Å²) in [4.78, 5) is 69.2. The standard InChI is InChI=1S/C31H43N5O8/c1-6-43-24(38)13-12-23(28(41)44-7-2)33-26(39)20-10-8-19(9-11-20)21(17-37)14-18-15-22-25(32-16-18)34-30(35-27(22)40)36-29(42)31(3,4)5/h8-11,18,21,23,37H,6-7,12-17H2,1-5H3,(H,33,39)(H3,32,34,35,36,40,42)/t18?,21?,23-/m0/s1. The molecule has 0 saturated heterocycles. The Kier molecular flexibility index (Phi) is 12.0. The number of anilines is 2. The van der Waals surface area contributed by atoms with Crippen LogP contribution in [0.1, 0.15) is 81.3 Å². The Labute approximate surface area is 256 Å². The Morgan fingerprint density at radius 2 is 1.77 bits per heavy atom. The SMILES string of the molecule is CCOC(=O)CC[C@H](NC(=O)c1ccc(C(CO)CC2CNc3nc(NC(=O)C(C)(C)C)[nH]c(=O)c3C2)cc1)C(=O)OCC. The van der Waals surface area contributed by atoms with Gasteiger partial charge in [-0.3, -0.25) is 29.5 Å². The maximum absolute atomic E-state index is 12.9. The maximum atomic E-state index is 12.9. The molecule has 0 spiro atoms. The van der Waals surface area contributed by atoms with Crippen molar-refractivity contribution in [1.82, 2.24) is 15.3 Å². The molecule has 0 fully saturated rings. The number of benzene rings is 1. The lowest BCUT2D eigenvalue weighted by molar-refractivity contribution is -0.146. The minimum atomic E-state index is -1.01. The largest absolute Gasteiger partial charge is 0.466 e. The van der Waals surface area contributed by atoms with Crippen LogP contribution in [0.4, 0.5) is 11.8 Å². The first-order chi connectivity index (χ1) is 20.9. The summed E-state index contributed by atoms with van der Waals surface area (Å²) >= 11 is 0. The number of aliphatic hydroxyl groups excluding tert-OH is 1. The summed E-state index contributed by atoms with van der Waals surface area (Å²) in [5.74, 6) is -1.60. The first-order valence-electron chi connectivity index (χ1n) is 14.9. The summed E-state index contributed by atoms with van der Waals surface area (Å²) in [6, 6.07) is 5.70. The van der Waals surface area contributed by atoms with Crippen molar-refractivity contribution in [2.75, 3.05) is 37.0 Å². The number of ether oxygens (including phenoxy) is 2. The van der Waals surface area contributed by atoms with Gasteiger partial charge in [0.1, 0.15) is 11.9 Å². The van der Waals surface area contributed by atoms with E-state index in [4.69, 9.17) is 9.47 Å². The van der Waals surface area contributed by atoms with Gasteiger partial charge >= 0.3 is 11.9 Å². The lowest BCUT2D eigenvalue weighted by Crippen LogP contribution is -2.42. The topological polar surface area (TPSA) is 189 Å². The molecule has 1 aromatic heterocycles. The van der Waals surface area contributed by atoms with Gasteiger partial charge in [0.2, 0.25) is 11.9 Å². The number of amides is 2. The molecule has 2 heterocycles. The fraction of sp³-hybridized carbons (Fsp3) is 0.548. The molecule has 1 aliphatic heterocycles. The number of nitrogens with one attached hydrogen (secondary N) is 4. The van der Waals surface area contributed by atoms with Crippen molar-refractivity contribution in [1.29, 1.82) is 0 Å². The zero-order valence-electron chi connectivity index (χ0n) is 26.0. The van der Waals surface area contributed by atoms with Crippen molar-refractivity contribution in [2.24, 2.45) is 11.3 Å². The van der Waals surface area contributed by atoms with Gasteiger partial charge in [-0.05, 0) is 56.7 Å². The normalized spacial score (nSPS) is 15.6. The molecule has 44 heavy (non-hydrogen) atoms. The fourth-order valence-corrected chi connectivity index (χ4v) is 4.81. The number of nitrogens with zero attached hydrogens (tertiary/aromatic N) is 1. The van der Waals surface area contributed by atoms with Crippen molar-refractivity contribution in [3.63, 3.8) is 0 Å². The Balaban J connectivity index is 1.64. The van der Waals surface area contributed by atoms with Crippen LogP contribution in [0.25, 0.3) is 0 Å². The molecule has 0 saturated carbocycles. The summed E-state index contributed by atoms with van der Waals surface area (Å²) < 4.78 is 9.96. The van der Waals surface area contributed by atoms with E-state index in [1.807, 2.05) is 0 Å². The smallest absolute Gasteiger partial charge is 0.328 e. The molecule has 3 atom stereocenters. The van der Waals surface area contributed by atoms with Crippen LogP contribution >= 0.6 is 0 Å². The van der Waals surface area contributed by atoms with E-state index >= 15 is 0 Å². The van der Waals surface area contributed by atoms with E-state index in [-0.39, 0.29) is 61.9 Å². The molecule has 1 aliphatic rings. The van der Waals surface area contributed by atoms with E-state index in [0.29, 0.717) is 36.3 Å². The molecule has 2 unspecified atom stereocenters. The van der Waals surface area contributed by atoms with Crippen molar-refractivity contribution in [3.8, 4) is 0 Å². The van der Waals surface area contributed by atoms with Crippen molar-refractivity contribution in [2.45, 2.75) is 72.3 Å². The molecule has 240 valence electrons. The van der Waals surface area contributed by atoms with Gasteiger partial charge in [-0.1, -0.05) is 32.9 Å². The number of aromatic nitrogens is 2. The minimum absolute atomic E-state index is 0.0188. The van der Waals surface area contributed by atoms with Crippen molar-refractivity contribution < 1.29 is 33.8 Å². The summed E-state index contributed by atoms with van der Waals surface area (Å²) in [5.41, 5.74) is 0.612. The summed E-state index contributed by atoms with van der Waals surface area (Å²) in [7, 11) is 0. The van der Waals surface area contributed by atoms with Gasteiger partial charge in [-0.25, -0.2) is 4.79 Å². The second-order valence-electron chi connectivity index (χ2n) is 11.8. The third kappa shape index (κ3) is 9.37. The molecule has 2 amide bonds. The highest BCUT2D eigenvalue weighted by Gasteiger charge is 2.28. The number of fused-ring (bicyclic) bond motifs is 1. The average Bonchev–Trinajstić information content (AvgIpc) is 2.98. The molecular formula is C31H43N5O8. The Hall–Kier alpha value is -4.26. The summed E-state index contributed by atoms with van der Waals surface area (Å²) in [6.07, 6.45) is 0.995. The zero-order chi connectivity index (χ0) is 32.4. The van der Waals surface area contributed by atoms with Gasteiger partial charge in [0.15, 0.2) is 0 Å². The lowest BCUT2D eigenvalue weighted by Gasteiger charge is -2.28. The lowest BCUT2D eigenvalue weighted by atomic mass is 9.84. The van der Waals surface area contributed by atoms with Crippen LogP contribution < -0.4 is 21.5 Å². The number of esters is 2. The second kappa shape index (κ2) is 15.5. The van der Waals surface area contributed by atoms with E-state index in [1.54, 1.807) is 58.9 Å². The van der Waals surface area contributed by atoms with E-state index in [2.05, 4.69) is 25.9 Å². The fourth-order valence-electron chi connectivity index (χ4n) is 4.81. The highest BCUT2D eigenvalue weighted by Crippen LogP contribution is 2.30. The molecule has 0 radical (unpaired) electrons. The quantitative estimate of drug-likeness (QED) is 0.210. The van der Waals surface area contributed by atoms with Crippen LogP contribution in [0.15, 0.2) is 29.1 Å². The summed E-state index contributed by atoms with van der Waals surface area (Å²) in [6.45, 7) is 9.36. The van der Waals surface area contributed by atoms with Gasteiger partial charge in [-0.15, -0.1) is 0 Å². The second-order valence-corrected chi connectivity index (χ2v) is 11.8. The highest BCUT2D eigenvalue weighted by atomic mass is 16.5. The van der Waals surface area contributed by atoms with Gasteiger partial charge < -0.3 is 25.2 Å². The van der Waals surface area contributed by atoms with Gasteiger partial charge in [0, 0.05) is 36.5 Å². The molecule has 3 rings (SSSR count). The van der Waals surface area contributed by atoms with E-state index in [9.17, 15) is 29.1 Å². The average molecular weight is 614 g/mol. The number of carbonyl (C=O) groups is 4. The first-order valence-corrected chi connectivity index (χ1v) is 14.9. The van der Waals surface area contributed by atoms with Crippen LogP contribution in [0.3, 0.4) is 0 Å². The van der Waals surface area contributed by atoms with E-state index < -0.39 is 29.3 Å². The Morgan fingerprint density at radius 1 is 1.09 bits per heavy atom. The third-order valence-electron chi connectivity index (χ3n) is 7.28. The van der Waals surface area contributed by atoms with E-state index in [0.717, 1.165) is 5.56 Å². The number of aliphatic hydroxyl groups is 1. The number of aromatic amines is 1. The molecule has 13 heteroatoms. The third-order valence-corrected chi connectivity index (χ3v) is 7.28. The minimum Gasteiger partial charge on any atom is -0.466 e. The van der Waals surface area contributed by atoms with Crippen LogP contribution in [0, 0.1) is 11.3 Å². The first kappa shape index (κ1) is 34.2. The Morgan fingerprint density at radius 3 is 2.39 bits per heavy atom. The predicted molar refractivity (Wildman–Crippen MR) is 163 cm³/mol. The van der Waals surface area contributed by atoms with Crippen LogP contribution in [0.2, 0.25) is 0 Å². The zero-order valence-corrected chi connectivity index (χ0v) is 26.0. The molecule has 1 aromatic carbocycles. The van der Waals surface area contributed by atoms with Gasteiger partial charge in [-0.2, -0.15) is 4.98 Å². The number of hydrogen-bond acceptors (Lipinski definition) is 10. The predicted octanol–water partition coefficient (Wildman–Crippen LogP) is 2.51. The number of carbonyl (C=O) groups excluding carboxylic acids is 4.